The molecule has 0 aliphatic rings. The number of hydrogen-bond donors (Lipinski definition) is 1. The minimum atomic E-state index is 0.788. The molecule has 0 fully saturated rings. The summed E-state index contributed by atoms with van der Waals surface area (Å²) in [5.74, 6) is 0. The van der Waals surface area contributed by atoms with Gasteiger partial charge >= 0.3 is 0 Å². The third-order valence-electron chi connectivity index (χ3n) is 2.39. The van der Waals surface area contributed by atoms with Crippen molar-refractivity contribution in [2.24, 2.45) is 12.1 Å². The maximum atomic E-state index is 4.42. The van der Waals surface area contributed by atoms with E-state index in [4.69, 9.17) is 0 Å². The van der Waals surface area contributed by atoms with Gasteiger partial charge < -0.3 is 0 Å². The highest BCUT2D eigenvalue weighted by atomic mass is 32.1. The summed E-state index contributed by atoms with van der Waals surface area (Å²) in [5, 5.41) is 8.99. The van der Waals surface area contributed by atoms with Crippen LogP contribution in [-0.4, -0.2) is 21.0 Å². The minimum absolute atomic E-state index is 0.788. The smallest absolute Gasteiger partial charge is 0.204 e. The Bertz CT molecular complexity index is 664. The normalized spacial score (nSPS) is 11.4. The van der Waals surface area contributed by atoms with Gasteiger partial charge in [0.05, 0.1) is 22.6 Å². The van der Waals surface area contributed by atoms with E-state index in [0.29, 0.717) is 0 Å². The van der Waals surface area contributed by atoms with Crippen LogP contribution < -0.4 is 5.43 Å². The summed E-state index contributed by atoms with van der Waals surface area (Å²) in [6.45, 7) is 0. The number of nitrogens with zero attached hydrogens (tertiary/aromatic N) is 4. The molecule has 0 unspecified atom stereocenters. The first kappa shape index (κ1) is 10.9. The highest BCUT2D eigenvalue weighted by Crippen LogP contribution is 2.25. The van der Waals surface area contributed by atoms with Crippen molar-refractivity contribution in [3.63, 3.8) is 0 Å². The average molecular weight is 257 g/mol. The van der Waals surface area contributed by atoms with Crippen molar-refractivity contribution in [3.8, 4) is 0 Å². The Labute approximate surface area is 108 Å². The third kappa shape index (κ3) is 2.23. The van der Waals surface area contributed by atoms with Gasteiger partial charge in [-0.1, -0.05) is 23.5 Å². The molecule has 0 saturated carbocycles. The van der Waals surface area contributed by atoms with Gasteiger partial charge in [0, 0.05) is 18.8 Å². The fourth-order valence-corrected chi connectivity index (χ4v) is 2.40. The second-order valence-corrected chi connectivity index (χ2v) is 4.83. The molecule has 3 aromatic rings. The van der Waals surface area contributed by atoms with E-state index in [-0.39, 0.29) is 0 Å². The molecular weight excluding hydrogens is 246 g/mol. The molecule has 0 radical (unpaired) electrons. The van der Waals surface area contributed by atoms with Crippen molar-refractivity contribution in [3.05, 3.63) is 42.2 Å². The molecule has 0 spiro atoms. The molecule has 5 nitrogen and oxygen atoms in total. The molecule has 2 aromatic heterocycles. The van der Waals surface area contributed by atoms with Crippen molar-refractivity contribution < 1.29 is 0 Å². The number of aromatic nitrogens is 3. The Balaban J connectivity index is 1.74. The van der Waals surface area contributed by atoms with Crippen molar-refractivity contribution in [1.29, 1.82) is 0 Å². The molecule has 6 heteroatoms. The summed E-state index contributed by atoms with van der Waals surface area (Å²) in [4.78, 5) is 4.42. The van der Waals surface area contributed by atoms with E-state index >= 15 is 0 Å². The zero-order chi connectivity index (χ0) is 12.4. The molecule has 0 aliphatic heterocycles. The fourth-order valence-electron chi connectivity index (χ4n) is 1.59. The quantitative estimate of drug-likeness (QED) is 0.579. The van der Waals surface area contributed by atoms with Crippen LogP contribution in [0, 0.1) is 0 Å². The largest absolute Gasteiger partial charge is 0.275 e. The van der Waals surface area contributed by atoms with Crippen LogP contribution in [0.1, 0.15) is 5.56 Å². The van der Waals surface area contributed by atoms with Gasteiger partial charge in [-0.2, -0.15) is 10.2 Å². The monoisotopic (exact) mass is 257 g/mol. The fraction of sp³-hybridized carbons (Fsp3) is 0.0833. The van der Waals surface area contributed by atoms with Crippen LogP contribution >= 0.6 is 11.3 Å². The molecule has 1 N–H and O–H groups in total. The van der Waals surface area contributed by atoms with Crippen LogP contribution in [0.5, 0.6) is 0 Å². The number of benzene rings is 1. The summed E-state index contributed by atoms with van der Waals surface area (Å²) in [7, 11) is 1.87. The molecule has 0 aliphatic carbocycles. The van der Waals surface area contributed by atoms with Crippen molar-refractivity contribution in [1.82, 2.24) is 14.8 Å². The standard InChI is InChI=1S/C12H11N5S/c1-17-8-9(7-14-17)6-13-16-12-15-10-4-2-3-5-11(10)18-12/h2-8H,1H3,(H,15,16)/b13-6+. The van der Waals surface area contributed by atoms with Gasteiger partial charge in [-0.15, -0.1) is 0 Å². The lowest BCUT2D eigenvalue weighted by Gasteiger charge is -1.90. The molecule has 0 atom stereocenters. The van der Waals surface area contributed by atoms with Gasteiger partial charge in [0.2, 0.25) is 5.13 Å². The molecule has 2 heterocycles. The van der Waals surface area contributed by atoms with E-state index in [0.717, 1.165) is 20.9 Å². The summed E-state index contributed by atoms with van der Waals surface area (Å²) in [6.07, 6.45) is 5.37. The summed E-state index contributed by atoms with van der Waals surface area (Å²) in [5.41, 5.74) is 4.87. The van der Waals surface area contributed by atoms with Crippen LogP contribution in [0.3, 0.4) is 0 Å². The Kier molecular flexibility index (Phi) is 2.77. The minimum Gasteiger partial charge on any atom is -0.275 e. The van der Waals surface area contributed by atoms with E-state index in [2.05, 4.69) is 20.6 Å². The molecule has 18 heavy (non-hydrogen) atoms. The number of aryl methyl sites for hydroxylation is 1. The van der Waals surface area contributed by atoms with Gasteiger partial charge in [-0.3, -0.25) is 10.1 Å². The maximum Gasteiger partial charge on any atom is 0.204 e. The Morgan fingerprint density at radius 2 is 2.28 bits per heavy atom. The Morgan fingerprint density at radius 1 is 1.39 bits per heavy atom. The van der Waals surface area contributed by atoms with Gasteiger partial charge in [0.15, 0.2) is 0 Å². The molecule has 0 bridgehead atoms. The van der Waals surface area contributed by atoms with Crippen LogP contribution in [0.2, 0.25) is 0 Å². The first-order valence-corrected chi connectivity index (χ1v) is 6.26. The second kappa shape index (κ2) is 4.58. The Hall–Kier alpha value is -2.21. The highest BCUT2D eigenvalue weighted by molar-refractivity contribution is 7.22. The third-order valence-corrected chi connectivity index (χ3v) is 3.33. The van der Waals surface area contributed by atoms with Crippen LogP contribution in [0.25, 0.3) is 10.2 Å². The number of hydrazone groups is 1. The van der Waals surface area contributed by atoms with E-state index in [9.17, 15) is 0 Å². The molecule has 3 rings (SSSR count). The predicted molar refractivity (Wildman–Crippen MR) is 74.0 cm³/mol. The molecule has 1 aromatic carbocycles. The lowest BCUT2D eigenvalue weighted by Crippen LogP contribution is -1.88. The zero-order valence-corrected chi connectivity index (χ0v) is 10.6. The first-order valence-electron chi connectivity index (χ1n) is 5.44. The van der Waals surface area contributed by atoms with Gasteiger partial charge in [0.1, 0.15) is 0 Å². The molecular formula is C12H11N5S. The number of fused-ring (bicyclic) bond motifs is 1. The van der Waals surface area contributed by atoms with E-state index in [1.165, 1.54) is 0 Å². The summed E-state index contributed by atoms with van der Waals surface area (Å²) in [6, 6.07) is 8.01. The second-order valence-electron chi connectivity index (χ2n) is 3.80. The van der Waals surface area contributed by atoms with E-state index in [1.807, 2.05) is 37.5 Å². The van der Waals surface area contributed by atoms with Crippen LogP contribution in [0.15, 0.2) is 41.8 Å². The molecule has 0 amide bonds. The lowest BCUT2D eigenvalue weighted by molar-refractivity contribution is 0.767. The number of nitrogens with one attached hydrogen (secondary N) is 1. The van der Waals surface area contributed by atoms with Crippen molar-refractivity contribution in [2.45, 2.75) is 0 Å². The van der Waals surface area contributed by atoms with Crippen molar-refractivity contribution >= 4 is 32.9 Å². The molecule has 90 valence electrons. The Morgan fingerprint density at radius 3 is 3.06 bits per heavy atom. The van der Waals surface area contributed by atoms with Crippen molar-refractivity contribution in [2.75, 3.05) is 5.43 Å². The number of thiazole rings is 1. The number of hydrogen-bond acceptors (Lipinski definition) is 5. The topological polar surface area (TPSA) is 55.1 Å². The average Bonchev–Trinajstić information content (AvgIpc) is 2.95. The number of para-hydroxylation sites is 1. The van der Waals surface area contributed by atoms with Crippen LogP contribution in [-0.2, 0) is 7.05 Å². The number of rotatable bonds is 3. The van der Waals surface area contributed by atoms with Gasteiger partial charge in [-0.25, -0.2) is 4.98 Å². The predicted octanol–water partition coefficient (Wildman–Crippen LogP) is 2.48. The lowest BCUT2D eigenvalue weighted by atomic mass is 10.3. The molecule has 0 saturated heterocycles. The van der Waals surface area contributed by atoms with Gasteiger partial charge in [0.25, 0.3) is 0 Å². The summed E-state index contributed by atoms with van der Waals surface area (Å²) < 4.78 is 2.88. The van der Waals surface area contributed by atoms with E-state index < -0.39 is 0 Å². The highest BCUT2D eigenvalue weighted by Gasteiger charge is 2.00. The van der Waals surface area contributed by atoms with Crippen LogP contribution in [0.4, 0.5) is 5.13 Å². The maximum absolute atomic E-state index is 4.42. The zero-order valence-electron chi connectivity index (χ0n) is 9.74. The number of anilines is 1. The van der Waals surface area contributed by atoms with Gasteiger partial charge in [-0.05, 0) is 12.1 Å². The SMILES string of the molecule is Cn1cc(/C=N/Nc2nc3ccccc3s2)cn1. The van der Waals surface area contributed by atoms with E-state index in [1.54, 1.807) is 28.4 Å². The first-order chi connectivity index (χ1) is 8.81. The summed E-state index contributed by atoms with van der Waals surface area (Å²) >= 11 is 1.58.